The first-order chi connectivity index (χ1) is 17.4. The van der Waals surface area contributed by atoms with Gasteiger partial charge in [0.1, 0.15) is 36.6 Å². The number of carbonyl (C=O) groups is 2. The summed E-state index contributed by atoms with van der Waals surface area (Å²) in [4.78, 5) is 25.4. The molecule has 0 bridgehead atoms. The van der Waals surface area contributed by atoms with Crippen molar-refractivity contribution in [1.29, 1.82) is 0 Å². The highest BCUT2D eigenvalue weighted by Gasteiger charge is 2.68. The zero-order valence-corrected chi connectivity index (χ0v) is 21.2. The van der Waals surface area contributed by atoms with Gasteiger partial charge in [-0.25, -0.2) is 0 Å². The third-order valence-corrected chi connectivity index (χ3v) is 10.3. The lowest BCUT2D eigenvalue weighted by Crippen LogP contribution is -2.62. The van der Waals surface area contributed by atoms with Crippen LogP contribution in [0.5, 0.6) is 0 Å². The smallest absolute Gasteiger partial charge is 0.190 e. The Bertz CT molecular complexity index is 1010. The van der Waals surface area contributed by atoms with Gasteiger partial charge in [-0.3, -0.25) is 9.59 Å². The molecule has 0 spiro atoms. The molecule has 0 radical (unpaired) electrons. The first-order valence-electron chi connectivity index (χ1n) is 13.2. The summed E-state index contributed by atoms with van der Waals surface area (Å²) < 4.78 is 10.8. The number of aliphatic hydroxyl groups excluding tert-OH is 5. The lowest BCUT2D eigenvalue weighted by molar-refractivity contribution is -0.300. The van der Waals surface area contributed by atoms with Crippen LogP contribution in [0.4, 0.5) is 0 Å². The molecule has 1 aliphatic heterocycles. The zero-order valence-electron chi connectivity index (χ0n) is 21.2. The topological polar surface area (TPSA) is 174 Å². The SMILES string of the molecule is C[C@]12C=CC(=O)C=C1CC[C@@H]1[C@@H]2[C@@H](O)C[C@@]2(C)[C@H]1CC[C@]2(O)C(=O)CO[C@@H]1O[C@H](CO)[C@H](O)[C@H](O)[C@H]1O. The molecule has 0 aromatic heterocycles. The van der Waals surface area contributed by atoms with Crippen molar-refractivity contribution in [3.63, 3.8) is 0 Å². The van der Waals surface area contributed by atoms with Crippen molar-refractivity contribution in [3.05, 3.63) is 23.8 Å². The summed E-state index contributed by atoms with van der Waals surface area (Å²) in [5.41, 5.74) is -2.10. The molecular weight excluding hydrogens is 484 g/mol. The van der Waals surface area contributed by atoms with Gasteiger partial charge in [0.05, 0.1) is 12.7 Å². The van der Waals surface area contributed by atoms with E-state index in [1.165, 1.54) is 0 Å². The van der Waals surface area contributed by atoms with Crippen molar-refractivity contribution >= 4 is 11.6 Å². The Morgan fingerprint density at radius 2 is 1.86 bits per heavy atom. The Kier molecular flexibility index (Phi) is 6.81. The van der Waals surface area contributed by atoms with Crippen molar-refractivity contribution in [2.45, 2.75) is 88.4 Å². The highest BCUT2D eigenvalue weighted by Crippen LogP contribution is 2.67. The normalized spacial score (nSPS) is 51.2. The monoisotopic (exact) mass is 522 g/mol. The van der Waals surface area contributed by atoms with Crippen LogP contribution in [-0.2, 0) is 19.1 Å². The van der Waals surface area contributed by atoms with Crippen molar-refractivity contribution in [2.24, 2.45) is 28.6 Å². The van der Waals surface area contributed by atoms with Crippen molar-refractivity contribution in [1.82, 2.24) is 0 Å². The zero-order chi connectivity index (χ0) is 26.9. The van der Waals surface area contributed by atoms with Gasteiger partial charge in [0.2, 0.25) is 0 Å². The standard InChI is InChI=1S/C27H38O10/c1-25-7-5-14(29)9-13(25)3-4-15-16-6-8-27(35,26(16,2)10-17(30)20(15)25)19(31)12-36-24-23(34)22(33)21(32)18(11-28)37-24/h5,7,9,15-18,20-24,28,30,32-35H,3-4,6,8,10-12H2,1-2H3/t15-,16-,17-,18+,20+,21-,22-,23+,24+,25-,26-,27-/m0/s1. The number of allylic oxidation sites excluding steroid dienone is 4. The Morgan fingerprint density at radius 1 is 1.14 bits per heavy atom. The first-order valence-corrected chi connectivity index (χ1v) is 13.2. The Balaban J connectivity index is 1.34. The molecule has 10 nitrogen and oxygen atoms in total. The van der Waals surface area contributed by atoms with Crippen molar-refractivity contribution < 1.29 is 49.7 Å². The number of ether oxygens (including phenoxy) is 2. The molecule has 0 aromatic carbocycles. The van der Waals surface area contributed by atoms with Crippen LogP contribution in [-0.4, -0.2) is 97.8 Å². The molecule has 0 amide bonds. The quantitative estimate of drug-likeness (QED) is 0.273. The third kappa shape index (κ3) is 3.91. The van der Waals surface area contributed by atoms with E-state index in [0.717, 1.165) is 18.4 Å². The van der Waals surface area contributed by atoms with E-state index in [1.54, 1.807) is 12.2 Å². The van der Waals surface area contributed by atoms with Crippen LogP contribution < -0.4 is 0 Å². The summed E-state index contributed by atoms with van der Waals surface area (Å²) >= 11 is 0. The molecule has 6 N–H and O–H groups in total. The van der Waals surface area contributed by atoms with Gasteiger partial charge >= 0.3 is 0 Å². The van der Waals surface area contributed by atoms with Gasteiger partial charge < -0.3 is 40.1 Å². The lowest BCUT2D eigenvalue weighted by atomic mass is 9.46. The molecule has 1 saturated heterocycles. The number of fused-ring (bicyclic) bond motifs is 5. The highest BCUT2D eigenvalue weighted by atomic mass is 16.7. The number of ketones is 2. The lowest BCUT2D eigenvalue weighted by Gasteiger charge is -2.59. The van der Waals surface area contributed by atoms with E-state index in [4.69, 9.17) is 9.47 Å². The molecule has 1 heterocycles. The predicted octanol–water partition coefficient (Wildman–Crippen LogP) is -0.618. The molecule has 206 valence electrons. The van der Waals surface area contributed by atoms with E-state index in [-0.39, 0.29) is 36.4 Å². The Morgan fingerprint density at radius 3 is 2.57 bits per heavy atom. The van der Waals surface area contributed by atoms with Crippen LogP contribution in [0.25, 0.3) is 0 Å². The summed E-state index contributed by atoms with van der Waals surface area (Å²) in [5, 5.41) is 62.8. The minimum Gasteiger partial charge on any atom is -0.394 e. The number of carbonyl (C=O) groups excluding carboxylic acids is 2. The van der Waals surface area contributed by atoms with Gasteiger partial charge in [-0.15, -0.1) is 0 Å². The number of hydrogen-bond donors (Lipinski definition) is 6. The maximum atomic E-state index is 13.5. The molecule has 0 unspecified atom stereocenters. The van der Waals surface area contributed by atoms with Gasteiger partial charge in [0.25, 0.3) is 0 Å². The summed E-state index contributed by atoms with van der Waals surface area (Å²) in [5.74, 6) is -0.738. The number of aliphatic hydroxyl groups is 6. The Hall–Kier alpha value is -1.50. The van der Waals surface area contributed by atoms with Crippen LogP contribution in [0, 0.1) is 28.6 Å². The van der Waals surface area contributed by atoms with Gasteiger partial charge in [-0.2, -0.15) is 0 Å². The second kappa shape index (κ2) is 9.31. The number of hydrogen-bond acceptors (Lipinski definition) is 10. The predicted molar refractivity (Wildman–Crippen MR) is 128 cm³/mol. The van der Waals surface area contributed by atoms with E-state index in [1.807, 2.05) is 13.0 Å². The average molecular weight is 523 g/mol. The van der Waals surface area contributed by atoms with E-state index < -0.39 is 72.2 Å². The van der Waals surface area contributed by atoms with Gasteiger partial charge in [-0.05, 0) is 56.1 Å². The van der Waals surface area contributed by atoms with Crippen LogP contribution in [0.1, 0.15) is 46.0 Å². The highest BCUT2D eigenvalue weighted by molar-refractivity contribution is 6.01. The summed E-state index contributed by atoms with van der Waals surface area (Å²) in [7, 11) is 0. The van der Waals surface area contributed by atoms with E-state index in [9.17, 15) is 40.2 Å². The third-order valence-electron chi connectivity index (χ3n) is 10.3. The van der Waals surface area contributed by atoms with Gasteiger partial charge in [-0.1, -0.05) is 25.5 Å². The fourth-order valence-electron chi connectivity index (χ4n) is 8.27. The molecule has 0 aromatic rings. The van der Waals surface area contributed by atoms with Gasteiger partial charge in [0.15, 0.2) is 17.9 Å². The molecule has 12 atom stereocenters. The number of rotatable bonds is 5. The van der Waals surface area contributed by atoms with Gasteiger partial charge in [0, 0.05) is 16.7 Å². The van der Waals surface area contributed by atoms with E-state index in [2.05, 4.69) is 6.92 Å². The minimum absolute atomic E-state index is 0.0217. The molecule has 4 aliphatic carbocycles. The molecule has 37 heavy (non-hydrogen) atoms. The molecule has 4 fully saturated rings. The second-order valence-corrected chi connectivity index (χ2v) is 12.0. The Labute approximate surface area is 215 Å². The van der Waals surface area contributed by atoms with E-state index in [0.29, 0.717) is 6.42 Å². The molecule has 3 saturated carbocycles. The fraction of sp³-hybridized carbons (Fsp3) is 0.778. The summed E-state index contributed by atoms with van der Waals surface area (Å²) in [6, 6.07) is 0. The minimum atomic E-state index is -1.77. The largest absolute Gasteiger partial charge is 0.394 e. The van der Waals surface area contributed by atoms with Crippen LogP contribution >= 0.6 is 0 Å². The maximum Gasteiger partial charge on any atom is 0.190 e. The van der Waals surface area contributed by atoms with Crippen molar-refractivity contribution in [3.8, 4) is 0 Å². The van der Waals surface area contributed by atoms with E-state index >= 15 is 0 Å². The molecule has 5 aliphatic rings. The van der Waals surface area contributed by atoms with Crippen molar-refractivity contribution in [2.75, 3.05) is 13.2 Å². The van der Waals surface area contributed by atoms with Crippen LogP contribution in [0.15, 0.2) is 23.8 Å². The molecule has 5 rings (SSSR count). The molecular formula is C27H38O10. The average Bonchev–Trinajstić information content (AvgIpc) is 3.13. The summed E-state index contributed by atoms with van der Waals surface area (Å²) in [6.45, 7) is 2.68. The second-order valence-electron chi connectivity index (χ2n) is 12.0. The number of Topliss-reactive ketones (excluding diaryl/α,β-unsaturated/α-hetero) is 1. The van der Waals surface area contributed by atoms with Crippen LogP contribution in [0.2, 0.25) is 0 Å². The van der Waals surface area contributed by atoms with Crippen LogP contribution in [0.3, 0.4) is 0 Å². The fourth-order valence-corrected chi connectivity index (χ4v) is 8.27. The first kappa shape index (κ1) is 27.1. The maximum absolute atomic E-state index is 13.5. The summed E-state index contributed by atoms with van der Waals surface area (Å²) in [6.07, 6.45) is -0.603. The molecule has 10 heteroatoms.